The number of anilines is 1. The van der Waals surface area contributed by atoms with Gasteiger partial charge in [-0.25, -0.2) is 4.98 Å². The number of rotatable bonds is 3. The first kappa shape index (κ1) is 14.3. The zero-order chi connectivity index (χ0) is 14.1. The van der Waals surface area contributed by atoms with Gasteiger partial charge in [0.05, 0.1) is 11.7 Å². The number of nitrogens with zero attached hydrogens (tertiary/aromatic N) is 2. The van der Waals surface area contributed by atoms with Crippen LogP contribution >= 0.6 is 11.3 Å². The van der Waals surface area contributed by atoms with E-state index in [0.29, 0.717) is 12.1 Å². The smallest absolute Gasteiger partial charge is 0.185 e. The van der Waals surface area contributed by atoms with Gasteiger partial charge >= 0.3 is 0 Å². The van der Waals surface area contributed by atoms with Gasteiger partial charge in [0, 0.05) is 18.0 Å². The van der Waals surface area contributed by atoms with E-state index in [9.17, 15) is 0 Å². The Hall–Kier alpha value is -0.610. The molecule has 3 rings (SSSR count). The van der Waals surface area contributed by atoms with Crippen LogP contribution < -0.4 is 10.2 Å². The summed E-state index contributed by atoms with van der Waals surface area (Å²) in [5.41, 5.74) is 1.33. The van der Waals surface area contributed by atoms with Crippen LogP contribution in [0.15, 0.2) is 0 Å². The van der Waals surface area contributed by atoms with Crippen LogP contribution in [0.4, 0.5) is 5.13 Å². The van der Waals surface area contributed by atoms with Crippen LogP contribution in [0, 0.1) is 5.92 Å². The van der Waals surface area contributed by atoms with Gasteiger partial charge in [0.15, 0.2) is 5.13 Å². The van der Waals surface area contributed by atoms with E-state index in [1.807, 2.05) is 11.3 Å². The first-order valence-electron chi connectivity index (χ1n) is 8.10. The number of aromatic nitrogens is 1. The van der Waals surface area contributed by atoms with Gasteiger partial charge in [0.1, 0.15) is 0 Å². The lowest BCUT2D eigenvalue weighted by Crippen LogP contribution is -2.39. The van der Waals surface area contributed by atoms with Crippen molar-refractivity contribution in [3.05, 3.63) is 10.6 Å². The molecule has 1 heterocycles. The molecule has 0 saturated heterocycles. The van der Waals surface area contributed by atoms with E-state index in [-0.39, 0.29) is 0 Å². The Labute approximate surface area is 126 Å². The number of fused-ring (bicyclic) bond motifs is 1. The van der Waals surface area contributed by atoms with E-state index in [1.165, 1.54) is 60.6 Å². The van der Waals surface area contributed by atoms with Crippen LogP contribution in [0.3, 0.4) is 0 Å². The van der Waals surface area contributed by atoms with Crippen LogP contribution in [0.2, 0.25) is 0 Å². The zero-order valence-corrected chi connectivity index (χ0v) is 13.8. The van der Waals surface area contributed by atoms with Gasteiger partial charge < -0.3 is 10.2 Å². The summed E-state index contributed by atoms with van der Waals surface area (Å²) in [6, 6.07) is 1.16. The highest BCUT2D eigenvalue weighted by molar-refractivity contribution is 7.15. The normalized spacial score (nSPS) is 30.1. The summed E-state index contributed by atoms with van der Waals surface area (Å²) >= 11 is 1.93. The van der Waals surface area contributed by atoms with Gasteiger partial charge in [-0.1, -0.05) is 19.8 Å². The lowest BCUT2D eigenvalue weighted by molar-refractivity contribution is 0.321. The van der Waals surface area contributed by atoms with Gasteiger partial charge in [-0.15, -0.1) is 11.3 Å². The highest BCUT2D eigenvalue weighted by Crippen LogP contribution is 2.38. The Balaban J connectivity index is 1.81. The largest absolute Gasteiger partial charge is 0.348 e. The molecular weight excluding hydrogens is 266 g/mol. The Kier molecular flexibility index (Phi) is 4.32. The number of hydrogen-bond acceptors (Lipinski definition) is 4. The van der Waals surface area contributed by atoms with Crippen LogP contribution in [-0.4, -0.2) is 25.1 Å². The molecule has 1 N–H and O–H groups in total. The standard InChI is InChI=1S/C16H27N3S/c1-11-7-4-5-9-13(11)19(3)16-18-15-12(17-2)8-6-10-14(15)20-16/h11-13,17H,4-10H2,1-3H3. The van der Waals surface area contributed by atoms with Gasteiger partial charge in [0.25, 0.3) is 0 Å². The van der Waals surface area contributed by atoms with Crippen LogP contribution in [0.1, 0.15) is 62.1 Å². The monoisotopic (exact) mass is 293 g/mol. The van der Waals surface area contributed by atoms with Crippen molar-refractivity contribution in [3.63, 3.8) is 0 Å². The van der Waals surface area contributed by atoms with E-state index in [2.05, 4.69) is 31.2 Å². The minimum absolute atomic E-state index is 0.473. The zero-order valence-electron chi connectivity index (χ0n) is 13.0. The van der Waals surface area contributed by atoms with Crippen molar-refractivity contribution in [2.24, 2.45) is 5.92 Å². The molecule has 112 valence electrons. The molecule has 1 aromatic heterocycles. The fraction of sp³-hybridized carbons (Fsp3) is 0.812. The summed E-state index contributed by atoms with van der Waals surface area (Å²) in [6.45, 7) is 2.41. The summed E-state index contributed by atoms with van der Waals surface area (Å²) in [5, 5.41) is 4.67. The summed E-state index contributed by atoms with van der Waals surface area (Å²) in [5.74, 6) is 0.801. The van der Waals surface area contributed by atoms with Crippen LogP contribution in [0.25, 0.3) is 0 Å². The topological polar surface area (TPSA) is 28.2 Å². The van der Waals surface area contributed by atoms with Gasteiger partial charge in [-0.05, 0) is 45.1 Å². The molecule has 1 aromatic rings. The van der Waals surface area contributed by atoms with Gasteiger partial charge in [-0.3, -0.25) is 0 Å². The minimum atomic E-state index is 0.473. The van der Waals surface area contributed by atoms with E-state index in [0.717, 1.165) is 5.92 Å². The molecule has 3 atom stereocenters. The van der Waals surface area contributed by atoms with Crippen LogP contribution in [-0.2, 0) is 6.42 Å². The fourth-order valence-electron chi connectivity index (χ4n) is 3.85. The van der Waals surface area contributed by atoms with Crippen molar-refractivity contribution < 1.29 is 0 Å². The van der Waals surface area contributed by atoms with Gasteiger partial charge in [0.2, 0.25) is 0 Å². The molecule has 0 amide bonds. The van der Waals surface area contributed by atoms with E-state index < -0.39 is 0 Å². The van der Waals surface area contributed by atoms with Crippen molar-refractivity contribution in [2.45, 2.75) is 64.0 Å². The third kappa shape index (κ3) is 2.60. The molecule has 0 radical (unpaired) electrons. The second kappa shape index (κ2) is 6.02. The van der Waals surface area contributed by atoms with Crippen molar-refractivity contribution in [1.29, 1.82) is 0 Å². The molecule has 0 aliphatic heterocycles. The molecule has 2 aliphatic rings. The van der Waals surface area contributed by atoms with E-state index in [1.54, 1.807) is 0 Å². The molecule has 0 bridgehead atoms. The fourth-order valence-corrected chi connectivity index (χ4v) is 5.03. The summed E-state index contributed by atoms with van der Waals surface area (Å²) < 4.78 is 0. The molecule has 4 heteroatoms. The van der Waals surface area contributed by atoms with Gasteiger partial charge in [-0.2, -0.15) is 0 Å². The van der Waals surface area contributed by atoms with Crippen molar-refractivity contribution in [3.8, 4) is 0 Å². The van der Waals surface area contributed by atoms with E-state index in [4.69, 9.17) is 4.98 Å². The molecule has 3 unspecified atom stereocenters. The SMILES string of the molecule is CNC1CCCc2sc(N(C)C3CCCCC3C)nc21. The maximum absolute atomic E-state index is 4.99. The summed E-state index contributed by atoms with van der Waals surface area (Å²) in [6.07, 6.45) is 9.24. The van der Waals surface area contributed by atoms with Crippen molar-refractivity contribution >= 4 is 16.5 Å². The molecule has 0 spiro atoms. The molecule has 1 saturated carbocycles. The third-order valence-electron chi connectivity index (χ3n) is 5.16. The first-order chi connectivity index (χ1) is 9.70. The molecular formula is C16H27N3S. The maximum Gasteiger partial charge on any atom is 0.185 e. The van der Waals surface area contributed by atoms with Crippen molar-refractivity contribution in [2.75, 3.05) is 19.0 Å². The lowest BCUT2D eigenvalue weighted by atomic mass is 9.85. The van der Waals surface area contributed by atoms with E-state index >= 15 is 0 Å². The summed E-state index contributed by atoms with van der Waals surface area (Å²) in [7, 11) is 4.32. The molecule has 2 aliphatic carbocycles. The molecule has 0 aromatic carbocycles. The average Bonchev–Trinajstić information content (AvgIpc) is 2.91. The highest BCUT2D eigenvalue weighted by Gasteiger charge is 2.29. The van der Waals surface area contributed by atoms with Crippen LogP contribution in [0.5, 0.6) is 0 Å². The second-order valence-corrected chi connectivity index (χ2v) is 7.54. The molecule has 3 nitrogen and oxygen atoms in total. The Morgan fingerprint density at radius 2 is 2.00 bits per heavy atom. The Morgan fingerprint density at radius 3 is 2.75 bits per heavy atom. The number of nitrogens with one attached hydrogen (secondary N) is 1. The highest BCUT2D eigenvalue weighted by atomic mass is 32.1. The average molecular weight is 293 g/mol. The second-order valence-electron chi connectivity index (χ2n) is 6.48. The quantitative estimate of drug-likeness (QED) is 0.920. The number of thiazole rings is 1. The first-order valence-corrected chi connectivity index (χ1v) is 8.92. The minimum Gasteiger partial charge on any atom is -0.348 e. The summed E-state index contributed by atoms with van der Waals surface area (Å²) in [4.78, 5) is 8.98. The third-order valence-corrected chi connectivity index (χ3v) is 6.38. The predicted molar refractivity (Wildman–Crippen MR) is 86.7 cm³/mol. The number of hydrogen-bond donors (Lipinski definition) is 1. The molecule has 1 fully saturated rings. The lowest BCUT2D eigenvalue weighted by Gasteiger charge is -2.36. The Morgan fingerprint density at radius 1 is 1.20 bits per heavy atom. The Bertz CT molecular complexity index is 457. The molecule has 20 heavy (non-hydrogen) atoms. The van der Waals surface area contributed by atoms with Crippen molar-refractivity contribution in [1.82, 2.24) is 10.3 Å². The maximum atomic E-state index is 4.99. The predicted octanol–water partition coefficient (Wildman–Crippen LogP) is 3.75. The number of aryl methyl sites for hydroxylation is 1.